The molecule has 0 rings (SSSR count). The van der Waals surface area contributed by atoms with Crippen molar-refractivity contribution in [1.82, 2.24) is 0 Å². The van der Waals surface area contributed by atoms with Gasteiger partial charge in [-0.2, -0.15) is 0 Å². The normalized spacial score (nSPS) is 10.4. The van der Waals surface area contributed by atoms with Gasteiger partial charge in [0.1, 0.15) is 0 Å². The predicted octanol–water partition coefficient (Wildman–Crippen LogP) is 2.94. The Morgan fingerprint density at radius 2 is 2.00 bits per heavy atom. The summed E-state index contributed by atoms with van der Waals surface area (Å²) in [5, 5.41) is 0. The van der Waals surface area contributed by atoms with Gasteiger partial charge in [0.2, 0.25) is 0 Å². The van der Waals surface area contributed by atoms with Crippen molar-refractivity contribution in [1.29, 1.82) is 0 Å². The summed E-state index contributed by atoms with van der Waals surface area (Å²) in [6.45, 7) is 3.54. The van der Waals surface area contributed by atoms with E-state index in [1.165, 1.54) is 44.8 Å². The molecule has 0 aliphatic heterocycles. The zero-order valence-electron chi connectivity index (χ0n) is 7.71. The Morgan fingerprint density at radius 3 is 2.67 bits per heavy atom. The van der Waals surface area contributed by atoms with E-state index in [4.69, 9.17) is 0 Å². The van der Waals surface area contributed by atoms with Gasteiger partial charge < -0.3 is 4.74 Å². The van der Waals surface area contributed by atoms with E-state index in [1.54, 1.807) is 0 Å². The first-order chi connectivity index (χ1) is 5.91. The van der Waals surface area contributed by atoms with Gasteiger partial charge in [-0.05, 0) is 18.9 Å². The van der Waals surface area contributed by atoms with Crippen molar-refractivity contribution >= 4 is 6.47 Å². The lowest BCUT2D eigenvalue weighted by atomic mass is 10.1. The van der Waals surface area contributed by atoms with Crippen LogP contribution in [0.3, 0.4) is 0 Å². The van der Waals surface area contributed by atoms with Crippen molar-refractivity contribution in [3.8, 4) is 0 Å². The highest BCUT2D eigenvalue weighted by atomic mass is 16.5. The molecule has 0 spiro atoms. The van der Waals surface area contributed by atoms with E-state index in [0.29, 0.717) is 0 Å². The van der Waals surface area contributed by atoms with Gasteiger partial charge in [0.05, 0.1) is 6.26 Å². The molecular formula is C10H17O2. The van der Waals surface area contributed by atoms with Crippen molar-refractivity contribution < 1.29 is 9.53 Å². The molecule has 0 N–H and O–H groups in total. The topological polar surface area (TPSA) is 26.3 Å². The van der Waals surface area contributed by atoms with E-state index in [1.807, 2.05) is 6.08 Å². The molecule has 12 heavy (non-hydrogen) atoms. The molecule has 0 bridgehead atoms. The van der Waals surface area contributed by atoms with Crippen LogP contribution in [0.1, 0.15) is 45.4 Å². The summed E-state index contributed by atoms with van der Waals surface area (Å²) < 4.78 is 4.28. The maximum absolute atomic E-state index is 9.58. The number of rotatable bonds is 8. The number of hydrogen-bond acceptors (Lipinski definition) is 2. The number of allylic oxidation sites excluding steroid dienone is 1. The number of carbonyl (C=O) groups excluding carboxylic acids is 1. The van der Waals surface area contributed by atoms with Crippen molar-refractivity contribution in [2.24, 2.45) is 0 Å². The molecule has 0 aromatic carbocycles. The van der Waals surface area contributed by atoms with Gasteiger partial charge in [-0.15, -0.1) is 0 Å². The molecule has 0 saturated heterocycles. The minimum Gasteiger partial charge on any atom is -0.426 e. The molecular weight excluding hydrogens is 152 g/mol. The van der Waals surface area contributed by atoms with Crippen LogP contribution < -0.4 is 0 Å². The van der Waals surface area contributed by atoms with Crippen LogP contribution in [0.5, 0.6) is 0 Å². The molecule has 2 nitrogen and oxygen atoms in total. The first kappa shape index (κ1) is 11.2. The number of hydrogen-bond donors (Lipinski definition) is 0. The van der Waals surface area contributed by atoms with Crippen molar-refractivity contribution in [3.63, 3.8) is 0 Å². The lowest BCUT2D eigenvalue weighted by Crippen LogP contribution is -1.77. The Bertz CT molecular complexity index is 119. The number of ether oxygens (including phenoxy) is 1. The van der Waals surface area contributed by atoms with Crippen LogP contribution in [0.4, 0.5) is 0 Å². The van der Waals surface area contributed by atoms with Crippen LogP contribution in [0.15, 0.2) is 12.3 Å². The average molecular weight is 169 g/mol. The monoisotopic (exact) mass is 169 g/mol. The van der Waals surface area contributed by atoms with Crippen LogP contribution in [0, 0.1) is 0 Å². The van der Waals surface area contributed by atoms with Crippen LogP contribution in [0.2, 0.25) is 0 Å². The summed E-state index contributed by atoms with van der Waals surface area (Å²) >= 11 is 0. The lowest BCUT2D eigenvalue weighted by Gasteiger charge is -1.95. The standard InChI is InChI=1S/C10H17O2/c1-2-3-4-5-6-7-8-9-12-10-11/h8-9H,2-7H2,1H3. The highest BCUT2D eigenvalue weighted by molar-refractivity contribution is 5.39. The first-order valence-electron chi connectivity index (χ1n) is 4.59. The summed E-state index contributed by atoms with van der Waals surface area (Å²) in [4.78, 5) is 9.58. The van der Waals surface area contributed by atoms with Crippen molar-refractivity contribution in [3.05, 3.63) is 12.3 Å². The fourth-order valence-corrected chi connectivity index (χ4v) is 1.01. The largest absolute Gasteiger partial charge is 0.426 e. The zero-order valence-corrected chi connectivity index (χ0v) is 7.71. The smallest absolute Gasteiger partial charge is 0.422 e. The van der Waals surface area contributed by atoms with Gasteiger partial charge in [0.15, 0.2) is 0 Å². The predicted molar refractivity (Wildman–Crippen MR) is 49.3 cm³/mol. The molecule has 0 aromatic rings. The highest BCUT2D eigenvalue weighted by Crippen LogP contribution is 2.04. The second kappa shape index (κ2) is 10.2. The molecule has 0 unspecified atom stereocenters. The molecule has 1 radical (unpaired) electrons. The van der Waals surface area contributed by atoms with E-state index in [9.17, 15) is 4.79 Å². The summed E-state index contributed by atoms with van der Waals surface area (Å²) in [5.41, 5.74) is 0. The van der Waals surface area contributed by atoms with E-state index < -0.39 is 0 Å². The summed E-state index contributed by atoms with van der Waals surface area (Å²) in [6, 6.07) is 0. The fourth-order valence-electron chi connectivity index (χ4n) is 1.01. The molecule has 0 aliphatic carbocycles. The Hall–Kier alpha value is -0.790. The maximum Gasteiger partial charge on any atom is 0.422 e. The van der Waals surface area contributed by atoms with E-state index in [-0.39, 0.29) is 0 Å². The Labute approximate surface area is 74.6 Å². The zero-order chi connectivity index (χ0) is 9.07. The molecule has 0 aromatic heterocycles. The molecule has 0 aliphatic rings. The SMILES string of the molecule is CCCCCCCC=CO[C]=O. The van der Waals surface area contributed by atoms with Gasteiger partial charge in [0, 0.05) is 0 Å². The van der Waals surface area contributed by atoms with E-state index in [2.05, 4.69) is 11.7 Å². The van der Waals surface area contributed by atoms with Gasteiger partial charge in [-0.1, -0.05) is 32.6 Å². The minimum absolute atomic E-state index is 0.991. The summed E-state index contributed by atoms with van der Waals surface area (Å²) in [5.74, 6) is 0. The lowest BCUT2D eigenvalue weighted by molar-refractivity contribution is 0.396. The molecule has 69 valence electrons. The Morgan fingerprint density at radius 1 is 1.25 bits per heavy atom. The quantitative estimate of drug-likeness (QED) is 0.412. The van der Waals surface area contributed by atoms with Gasteiger partial charge in [-0.25, -0.2) is 4.79 Å². The summed E-state index contributed by atoms with van der Waals surface area (Å²) in [6.07, 6.45) is 10.6. The van der Waals surface area contributed by atoms with Gasteiger partial charge in [0.25, 0.3) is 0 Å². The third kappa shape index (κ3) is 9.21. The molecule has 2 heteroatoms. The first-order valence-corrected chi connectivity index (χ1v) is 4.59. The molecule has 0 amide bonds. The molecule has 0 fully saturated rings. The second-order valence-electron chi connectivity index (χ2n) is 2.78. The Kier molecular flexibility index (Phi) is 9.54. The highest BCUT2D eigenvalue weighted by Gasteiger charge is 1.86. The van der Waals surface area contributed by atoms with Crippen LogP contribution in [0.25, 0.3) is 0 Å². The van der Waals surface area contributed by atoms with Crippen molar-refractivity contribution in [2.45, 2.75) is 45.4 Å². The molecule has 0 heterocycles. The third-order valence-electron chi connectivity index (χ3n) is 1.69. The van der Waals surface area contributed by atoms with Crippen LogP contribution in [-0.2, 0) is 9.53 Å². The van der Waals surface area contributed by atoms with E-state index >= 15 is 0 Å². The second-order valence-corrected chi connectivity index (χ2v) is 2.78. The fraction of sp³-hybridized carbons (Fsp3) is 0.700. The number of unbranched alkanes of at least 4 members (excludes halogenated alkanes) is 5. The third-order valence-corrected chi connectivity index (χ3v) is 1.69. The molecule has 0 atom stereocenters. The molecule has 0 saturated carbocycles. The van der Waals surface area contributed by atoms with E-state index in [0.717, 1.165) is 6.42 Å². The van der Waals surface area contributed by atoms with Gasteiger partial charge in [-0.3, -0.25) is 0 Å². The van der Waals surface area contributed by atoms with Gasteiger partial charge >= 0.3 is 6.47 Å². The Balaban J connectivity index is 2.94. The maximum atomic E-state index is 9.58. The van der Waals surface area contributed by atoms with Crippen molar-refractivity contribution in [2.75, 3.05) is 0 Å². The average Bonchev–Trinajstić information content (AvgIpc) is 2.10. The van der Waals surface area contributed by atoms with Crippen LogP contribution >= 0.6 is 0 Å². The minimum atomic E-state index is 0.991. The summed E-state index contributed by atoms with van der Waals surface area (Å²) in [7, 11) is 0. The van der Waals surface area contributed by atoms with Crippen LogP contribution in [-0.4, -0.2) is 6.47 Å².